The van der Waals surface area contributed by atoms with Gasteiger partial charge in [0, 0.05) is 0 Å². The van der Waals surface area contributed by atoms with Crippen LogP contribution in [0.25, 0.3) is 0 Å². The summed E-state index contributed by atoms with van der Waals surface area (Å²) in [6, 6.07) is 0. The van der Waals surface area contributed by atoms with Crippen molar-refractivity contribution in [1.29, 1.82) is 0 Å². The summed E-state index contributed by atoms with van der Waals surface area (Å²) >= 11 is -4.85. The van der Waals surface area contributed by atoms with Crippen molar-refractivity contribution < 1.29 is 30.4 Å². The maximum absolute atomic E-state index is 10.2. The Kier molecular flexibility index (Phi) is 2.55. The molecule has 0 unspecified atom stereocenters. The first-order valence-electron chi connectivity index (χ1n) is 2.47. The van der Waals surface area contributed by atoms with E-state index in [1.807, 2.05) is 0 Å². The van der Waals surface area contributed by atoms with Crippen molar-refractivity contribution >= 4 is 0 Å². The van der Waals surface area contributed by atoms with Gasteiger partial charge < -0.3 is 0 Å². The van der Waals surface area contributed by atoms with Gasteiger partial charge in [0.05, 0.1) is 0 Å². The molecule has 0 rings (SSSR count). The summed E-state index contributed by atoms with van der Waals surface area (Å²) in [5.41, 5.74) is -0.752. The summed E-state index contributed by atoms with van der Waals surface area (Å²) in [6.07, 6.45) is 0. The maximum atomic E-state index is 10.2. The summed E-state index contributed by atoms with van der Waals surface area (Å²) < 4.78 is 31.1. The summed E-state index contributed by atoms with van der Waals surface area (Å²) in [7, 11) is 0. The Hall–Kier alpha value is 0.264. The molecule has 5 heteroatoms. The molecule has 0 spiro atoms. The van der Waals surface area contributed by atoms with Crippen molar-refractivity contribution in [3.05, 3.63) is 0 Å². The van der Waals surface area contributed by atoms with Gasteiger partial charge >= 0.3 is 56.8 Å². The second-order valence-electron chi connectivity index (χ2n) is 2.69. The normalized spacial score (nSPS) is 13.9. The first-order chi connectivity index (χ1) is 3.71. The second kappa shape index (κ2) is 2.48. The fraction of sp³-hybridized carbons (Fsp3) is 1.00. The molecule has 0 heterocycles. The molecule has 0 saturated heterocycles. The van der Waals surface area contributed by atoms with E-state index in [-0.39, 0.29) is 0 Å². The van der Waals surface area contributed by atoms with Crippen LogP contribution in [0.15, 0.2) is 0 Å². The predicted molar refractivity (Wildman–Crippen MR) is 26.0 cm³/mol. The Morgan fingerprint density at radius 2 is 1.67 bits per heavy atom. The van der Waals surface area contributed by atoms with Gasteiger partial charge in [-0.05, 0) is 0 Å². The van der Waals surface area contributed by atoms with Crippen LogP contribution in [0.3, 0.4) is 0 Å². The zero-order valence-corrected chi connectivity index (χ0v) is 7.05. The molecular weight excluding hydrogens is 163 g/mol. The van der Waals surface area contributed by atoms with Crippen molar-refractivity contribution in [3.63, 3.8) is 0 Å². The molecule has 0 radical (unpaired) electrons. The molecule has 0 fully saturated rings. The van der Waals surface area contributed by atoms with Crippen molar-refractivity contribution in [2.24, 2.45) is 0 Å². The first-order valence-corrected chi connectivity index (χ1v) is 4.86. The van der Waals surface area contributed by atoms with E-state index >= 15 is 0 Å². The number of rotatable bonds is 1. The van der Waals surface area contributed by atoms with Crippen LogP contribution in [0.4, 0.5) is 0 Å². The molecule has 0 atom stereocenters. The van der Waals surface area contributed by atoms with E-state index in [2.05, 4.69) is 3.66 Å². The first kappa shape index (κ1) is 9.26. The van der Waals surface area contributed by atoms with Gasteiger partial charge in [-0.2, -0.15) is 0 Å². The zero-order valence-electron chi connectivity index (χ0n) is 5.66. The average molecular weight is 174 g/mol. The van der Waals surface area contributed by atoms with Crippen LogP contribution in [-0.2, 0) is 22.4 Å². The summed E-state index contributed by atoms with van der Waals surface area (Å²) in [5.74, 6) is 0. The van der Waals surface area contributed by atoms with E-state index < -0.39 is 20.6 Å². The molecule has 0 amide bonds. The van der Waals surface area contributed by atoms with Crippen LogP contribution in [0.5, 0.6) is 0 Å². The standard InChI is InChI=1S/C4H9O.2H2O.O.V/c1-4(2,3)5;;;;/h1-3H3;2*1H2;;/q-1;;;;+3/p-2. The Morgan fingerprint density at radius 3 is 1.67 bits per heavy atom. The number of hydrogen-bond donors (Lipinski definition) is 2. The zero-order chi connectivity index (χ0) is 7.71. The Balaban J connectivity index is 3.90. The number of hydrogen-bond acceptors (Lipinski definition) is 2. The summed E-state index contributed by atoms with van der Waals surface area (Å²) in [4.78, 5) is 0. The third-order valence-corrected chi connectivity index (χ3v) is 1.62. The molecule has 9 heavy (non-hydrogen) atoms. The molecule has 0 bridgehead atoms. The van der Waals surface area contributed by atoms with Crippen LogP contribution in [0.2, 0.25) is 0 Å². The molecule has 0 aromatic carbocycles. The quantitative estimate of drug-likeness (QED) is 0.588. The van der Waals surface area contributed by atoms with Gasteiger partial charge in [0.1, 0.15) is 0 Å². The topological polar surface area (TPSA) is 66.8 Å². The monoisotopic (exact) mass is 174 g/mol. The SMILES string of the molecule is CC(C)(C)[O][V](=[O])([OH])[OH]. The summed E-state index contributed by atoms with van der Waals surface area (Å²) in [5, 5.41) is 0. The van der Waals surface area contributed by atoms with Crippen LogP contribution in [0, 0.1) is 0 Å². The molecule has 0 aromatic rings. The third kappa shape index (κ3) is 8.26. The van der Waals surface area contributed by atoms with E-state index in [0.717, 1.165) is 0 Å². The Labute approximate surface area is 57.4 Å². The minimum absolute atomic E-state index is 0.752. The van der Waals surface area contributed by atoms with Gasteiger partial charge in [0.15, 0.2) is 0 Å². The Morgan fingerprint density at radius 1 is 1.33 bits per heavy atom. The van der Waals surface area contributed by atoms with Crippen LogP contribution >= 0.6 is 0 Å². The van der Waals surface area contributed by atoms with Crippen LogP contribution < -0.4 is 0 Å². The van der Waals surface area contributed by atoms with E-state index in [1.165, 1.54) is 0 Å². The molecule has 0 saturated carbocycles. The van der Waals surface area contributed by atoms with Gasteiger partial charge in [-0.25, -0.2) is 0 Å². The molecule has 0 aliphatic carbocycles. The molecule has 4 nitrogen and oxygen atoms in total. The predicted octanol–water partition coefficient (Wildman–Crippen LogP) is 0.0305. The van der Waals surface area contributed by atoms with Gasteiger partial charge in [0.2, 0.25) is 0 Å². The van der Waals surface area contributed by atoms with E-state index in [9.17, 15) is 3.67 Å². The Bertz CT molecular complexity index is 130. The van der Waals surface area contributed by atoms with Crippen LogP contribution in [-0.4, -0.2) is 13.7 Å². The van der Waals surface area contributed by atoms with Gasteiger partial charge in [0.25, 0.3) is 0 Å². The van der Waals surface area contributed by atoms with Gasteiger partial charge in [-0.1, -0.05) is 0 Å². The fourth-order valence-corrected chi connectivity index (χ4v) is 1.47. The molecule has 0 aliphatic rings. The molecule has 2 N–H and O–H groups in total. The van der Waals surface area contributed by atoms with Crippen LogP contribution in [0.1, 0.15) is 20.8 Å². The van der Waals surface area contributed by atoms with Crippen molar-refractivity contribution in [2.75, 3.05) is 0 Å². The van der Waals surface area contributed by atoms with Gasteiger partial charge in [-0.3, -0.25) is 0 Å². The molecular formula is C4H11O4V. The van der Waals surface area contributed by atoms with E-state index in [1.54, 1.807) is 20.8 Å². The third-order valence-electron chi connectivity index (χ3n) is 0.393. The van der Waals surface area contributed by atoms with Gasteiger partial charge in [-0.15, -0.1) is 0 Å². The molecule has 0 aromatic heterocycles. The fourth-order valence-electron chi connectivity index (χ4n) is 0.357. The summed E-state index contributed by atoms with van der Waals surface area (Å²) in [6.45, 7) is 4.77. The van der Waals surface area contributed by atoms with Crippen molar-refractivity contribution in [3.8, 4) is 0 Å². The van der Waals surface area contributed by atoms with Crippen molar-refractivity contribution in [1.82, 2.24) is 0 Å². The average Bonchev–Trinajstić information content (AvgIpc) is 1.14. The molecule has 0 aliphatic heterocycles. The van der Waals surface area contributed by atoms with E-state index in [4.69, 9.17) is 8.06 Å². The van der Waals surface area contributed by atoms with Crippen molar-refractivity contribution in [2.45, 2.75) is 26.4 Å². The second-order valence-corrected chi connectivity index (χ2v) is 4.51. The molecule has 56 valence electrons. The minimum atomic E-state index is -4.85. The van der Waals surface area contributed by atoms with E-state index in [0.29, 0.717) is 0 Å².